The second-order valence-electron chi connectivity index (χ2n) is 8.54. The maximum atomic E-state index is 14.1. The molecule has 3 aromatic rings. The van der Waals surface area contributed by atoms with E-state index in [1.54, 1.807) is 15.9 Å². The summed E-state index contributed by atoms with van der Waals surface area (Å²) in [5.74, 6) is 0.455. The Hall–Kier alpha value is -3.56. The number of aryl methyl sites for hydroxylation is 2. The highest BCUT2D eigenvalue weighted by Gasteiger charge is 2.59. The number of thioether (sulfide) groups is 1. The summed E-state index contributed by atoms with van der Waals surface area (Å²) in [4.78, 5) is 30.2. The minimum atomic E-state index is -1.07. The Balaban J connectivity index is 1.59. The Bertz CT molecular complexity index is 1310. The van der Waals surface area contributed by atoms with Gasteiger partial charge < -0.3 is 9.80 Å². The molecule has 33 heavy (non-hydrogen) atoms. The molecule has 1 spiro atoms. The summed E-state index contributed by atoms with van der Waals surface area (Å²) in [6, 6.07) is 23.0. The molecule has 2 aliphatic heterocycles. The molecule has 0 N–H and O–H groups in total. The average Bonchev–Trinajstić information content (AvgIpc) is 3.36. The second kappa shape index (κ2) is 8.09. The van der Waals surface area contributed by atoms with Crippen molar-refractivity contribution in [2.45, 2.75) is 25.3 Å². The van der Waals surface area contributed by atoms with E-state index in [0.717, 1.165) is 27.9 Å². The van der Waals surface area contributed by atoms with Crippen molar-refractivity contribution in [1.82, 2.24) is 4.90 Å². The molecule has 0 saturated carbocycles. The van der Waals surface area contributed by atoms with Gasteiger partial charge in [0.2, 0.25) is 0 Å². The lowest BCUT2D eigenvalue weighted by atomic mass is 10.0. The minimum absolute atomic E-state index is 0.103. The zero-order chi connectivity index (χ0) is 23.2. The highest BCUT2D eigenvalue weighted by atomic mass is 32.2. The van der Waals surface area contributed by atoms with E-state index in [9.17, 15) is 14.9 Å². The van der Waals surface area contributed by atoms with Crippen molar-refractivity contribution in [3.8, 4) is 6.07 Å². The topological polar surface area (TPSA) is 64.4 Å². The summed E-state index contributed by atoms with van der Waals surface area (Å²) in [7, 11) is 0. The zero-order valence-electron chi connectivity index (χ0n) is 18.5. The van der Waals surface area contributed by atoms with Crippen LogP contribution in [-0.4, -0.2) is 29.0 Å². The van der Waals surface area contributed by atoms with E-state index in [0.29, 0.717) is 30.0 Å². The number of anilines is 1. The van der Waals surface area contributed by atoms with E-state index in [2.05, 4.69) is 6.07 Å². The Kier molecular flexibility index (Phi) is 5.22. The van der Waals surface area contributed by atoms with Crippen LogP contribution in [0.3, 0.4) is 0 Å². The molecule has 1 atom stereocenters. The maximum absolute atomic E-state index is 14.1. The maximum Gasteiger partial charge on any atom is 0.268 e. The fourth-order valence-electron chi connectivity index (χ4n) is 4.66. The van der Waals surface area contributed by atoms with Gasteiger partial charge in [-0.1, -0.05) is 47.5 Å². The molecule has 1 saturated heterocycles. The van der Waals surface area contributed by atoms with Crippen molar-refractivity contribution in [3.63, 3.8) is 0 Å². The van der Waals surface area contributed by atoms with Crippen molar-refractivity contribution in [3.05, 3.63) is 100 Å². The number of hydrogen-bond acceptors (Lipinski definition) is 4. The Morgan fingerprint density at radius 1 is 1.06 bits per heavy atom. The molecule has 2 heterocycles. The van der Waals surface area contributed by atoms with Crippen LogP contribution in [0.2, 0.25) is 0 Å². The molecular formula is C27H23N3O2S. The number of nitrogens with zero attached hydrogens (tertiary/aromatic N) is 3. The highest BCUT2D eigenvalue weighted by molar-refractivity contribution is 8.01. The van der Waals surface area contributed by atoms with E-state index in [1.165, 1.54) is 11.8 Å². The molecule has 2 amide bonds. The molecule has 0 radical (unpaired) electrons. The van der Waals surface area contributed by atoms with Gasteiger partial charge in [-0.05, 0) is 49.7 Å². The van der Waals surface area contributed by atoms with Gasteiger partial charge in [-0.25, -0.2) is 0 Å². The number of nitriles is 1. The van der Waals surface area contributed by atoms with E-state index in [4.69, 9.17) is 0 Å². The average molecular weight is 454 g/mol. The predicted octanol–water partition coefficient (Wildman–Crippen LogP) is 4.76. The Morgan fingerprint density at radius 2 is 1.82 bits per heavy atom. The first-order chi connectivity index (χ1) is 15.9. The Morgan fingerprint density at radius 3 is 2.58 bits per heavy atom. The van der Waals surface area contributed by atoms with E-state index in [1.807, 2.05) is 74.5 Å². The van der Waals surface area contributed by atoms with Crippen molar-refractivity contribution < 1.29 is 9.59 Å². The number of carbonyl (C=O) groups excluding carboxylic acids is 2. The van der Waals surface area contributed by atoms with Crippen molar-refractivity contribution in [2.75, 3.05) is 17.2 Å². The third-order valence-electron chi connectivity index (χ3n) is 6.29. The summed E-state index contributed by atoms with van der Waals surface area (Å²) in [6.45, 7) is 4.84. The first kappa shape index (κ1) is 21.3. The number of fused-ring (bicyclic) bond motifs is 2. The lowest BCUT2D eigenvalue weighted by Gasteiger charge is -2.33. The monoisotopic (exact) mass is 453 g/mol. The van der Waals surface area contributed by atoms with Crippen molar-refractivity contribution in [2.24, 2.45) is 0 Å². The third-order valence-corrected chi connectivity index (χ3v) is 7.71. The molecule has 6 heteroatoms. The predicted molar refractivity (Wildman–Crippen MR) is 130 cm³/mol. The summed E-state index contributed by atoms with van der Waals surface area (Å²) in [5, 5.41) is 9.27. The van der Waals surface area contributed by atoms with Gasteiger partial charge in [0.05, 0.1) is 23.9 Å². The minimum Gasteiger partial charge on any atom is -0.311 e. The third kappa shape index (κ3) is 3.40. The summed E-state index contributed by atoms with van der Waals surface area (Å²) >= 11 is 1.53. The smallest absolute Gasteiger partial charge is 0.268 e. The van der Waals surface area contributed by atoms with Crippen LogP contribution < -0.4 is 4.90 Å². The van der Waals surface area contributed by atoms with Gasteiger partial charge in [0.1, 0.15) is 0 Å². The molecule has 0 aliphatic carbocycles. The highest BCUT2D eigenvalue weighted by Crippen LogP contribution is 2.55. The number of carbonyl (C=O) groups is 2. The van der Waals surface area contributed by atoms with Crippen LogP contribution in [-0.2, 0) is 16.2 Å². The molecule has 5 rings (SSSR count). The van der Waals surface area contributed by atoms with E-state index in [-0.39, 0.29) is 11.8 Å². The number of hydrogen-bond donors (Lipinski definition) is 0. The second-order valence-corrected chi connectivity index (χ2v) is 9.83. The fourth-order valence-corrected chi connectivity index (χ4v) is 6.11. The lowest BCUT2D eigenvalue weighted by molar-refractivity contribution is -0.123. The van der Waals surface area contributed by atoms with Gasteiger partial charge >= 0.3 is 0 Å². The van der Waals surface area contributed by atoms with Crippen LogP contribution in [0, 0.1) is 25.2 Å². The summed E-state index contributed by atoms with van der Waals surface area (Å²) in [6.07, 6.45) is 0. The van der Waals surface area contributed by atoms with Crippen LogP contribution >= 0.6 is 11.8 Å². The molecule has 5 nitrogen and oxygen atoms in total. The number of rotatable bonds is 3. The quantitative estimate of drug-likeness (QED) is 0.573. The Labute approximate surface area is 197 Å². The molecule has 0 unspecified atom stereocenters. The first-order valence-electron chi connectivity index (χ1n) is 10.9. The van der Waals surface area contributed by atoms with Gasteiger partial charge in [-0.2, -0.15) is 5.26 Å². The molecule has 0 bridgehead atoms. The van der Waals surface area contributed by atoms with Crippen LogP contribution in [0.1, 0.15) is 38.2 Å². The van der Waals surface area contributed by atoms with E-state index < -0.39 is 4.87 Å². The summed E-state index contributed by atoms with van der Waals surface area (Å²) < 4.78 is 0. The van der Waals surface area contributed by atoms with Gasteiger partial charge in [0.15, 0.2) is 4.87 Å². The normalized spacial score (nSPS) is 19.1. The van der Waals surface area contributed by atoms with E-state index >= 15 is 0 Å². The van der Waals surface area contributed by atoms with Gasteiger partial charge in [-0.3, -0.25) is 9.59 Å². The van der Waals surface area contributed by atoms with Crippen LogP contribution in [0.5, 0.6) is 0 Å². The summed E-state index contributed by atoms with van der Waals surface area (Å²) in [5.41, 5.74) is 5.85. The van der Waals surface area contributed by atoms with Gasteiger partial charge in [-0.15, -0.1) is 11.8 Å². The molecule has 2 aliphatic rings. The van der Waals surface area contributed by atoms with Crippen molar-refractivity contribution >= 4 is 29.3 Å². The molecule has 164 valence electrons. The molecule has 1 fully saturated rings. The SMILES string of the molecule is Cc1ccc(C(=O)N2CCS[C@@]23C(=O)N(Cc2cccc(C#N)c2)c2ccc(C)cc23)cc1. The molecule has 0 aromatic heterocycles. The van der Waals surface area contributed by atoms with Gasteiger partial charge in [0, 0.05) is 23.4 Å². The first-order valence-corrected chi connectivity index (χ1v) is 11.9. The van der Waals surface area contributed by atoms with Crippen LogP contribution in [0.15, 0.2) is 66.7 Å². The zero-order valence-corrected chi connectivity index (χ0v) is 19.4. The molecular weight excluding hydrogens is 430 g/mol. The van der Waals surface area contributed by atoms with Crippen LogP contribution in [0.4, 0.5) is 5.69 Å². The molecule has 3 aromatic carbocycles. The standard InChI is InChI=1S/C27H23N3O2S/c1-18-6-9-22(10-7-18)25(31)30-12-13-33-27(30)23-14-19(2)8-11-24(23)29(26(27)32)17-21-5-3-4-20(15-21)16-28/h3-11,14-15H,12-13,17H2,1-2H3/t27-/m0/s1. The fraction of sp³-hybridized carbons (Fsp3) is 0.222. The number of amides is 2. The van der Waals surface area contributed by atoms with Crippen LogP contribution in [0.25, 0.3) is 0 Å². The van der Waals surface area contributed by atoms with Gasteiger partial charge in [0.25, 0.3) is 11.8 Å². The lowest BCUT2D eigenvalue weighted by Crippen LogP contribution is -2.50. The van der Waals surface area contributed by atoms with Crippen molar-refractivity contribution in [1.29, 1.82) is 5.26 Å². The largest absolute Gasteiger partial charge is 0.311 e. The number of benzene rings is 3.